The van der Waals surface area contributed by atoms with Gasteiger partial charge in [-0.05, 0) is 83.5 Å². The summed E-state index contributed by atoms with van der Waals surface area (Å²) in [5.41, 5.74) is 0. The van der Waals surface area contributed by atoms with Gasteiger partial charge in [0.05, 0.1) is 0 Å². The molecule has 0 aromatic heterocycles. The molecular weight excluding hydrogens is 685 g/mol. The summed E-state index contributed by atoms with van der Waals surface area (Å²) in [6.07, 6.45) is 53.2. The molecule has 6 nitrogen and oxygen atoms in total. The average molecular weight is 767 g/mol. The van der Waals surface area contributed by atoms with Crippen molar-refractivity contribution in [2.24, 2.45) is 0 Å². The number of hydrogen-bond acceptors (Lipinski definition) is 6. The van der Waals surface area contributed by atoms with Crippen molar-refractivity contribution in [3.63, 3.8) is 0 Å². The van der Waals surface area contributed by atoms with Gasteiger partial charge in [0.15, 0.2) is 6.10 Å². The molecule has 1 atom stereocenters. The van der Waals surface area contributed by atoms with Crippen LogP contribution in [-0.2, 0) is 28.6 Å². The molecule has 0 saturated heterocycles. The Labute approximate surface area is 338 Å². The third kappa shape index (κ3) is 41.8. The number of unbranched alkanes of at least 4 members (excludes halogenated alkanes) is 16. The lowest BCUT2D eigenvalue weighted by Crippen LogP contribution is -2.30. The number of carbonyl (C=O) groups excluding carboxylic acids is 3. The van der Waals surface area contributed by atoms with Gasteiger partial charge >= 0.3 is 17.9 Å². The Balaban J connectivity index is 4.37. The van der Waals surface area contributed by atoms with Gasteiger partial charge in [0.25, 0.3) is 0 Å². The Hall–Kier alpha value is -3.15. The lowest BCUT2D eigenvalue weighted by molar-refractivity contribution is -0.167. The SMILES string of the molecule is CC/C=C\C/C=C\C/C=C\C/C=C\C/C=C\CCCCCC(=O)OCC(COC(=O)CCCCCCCCCC)OC(=O)CCCCCCC/C=C\CCC. The topological polar surface area (TPSA) is 78.9 Å². The highest BCUT2D eigenvalue weighted by Crippen LogP contribution is 2.13. The summed E-state index contributed by atoms with van der Waals surface area (Å²) in [6.45, 7) is 6.37. The molecule has 0 rings (SSSR count). The quantitative estimate of drug-likeness (QED) is 0.0268. The number of esters is 3. The average Bonchev–Trinajstić information content (AvgIpc) is 3.18. The molecule has 0 aromatic rings. The van der Waals surface area contributed by atoms with Gasteiger partial charge in [-0.3, -0.25) is 14.4 Å². The second kappa shape index (κ2) is 43.6. The molecule has 0 spiro atoms. The third-order valence-corrected chi connectivity index (χ3v) is 9.18. The van der Waals surface area contributed by atoms with Gasteiger partial charge in [0, 0.05) is 19.3 Å². The molecule has 55 heavy (non-hydrogen) atoms. The normalized spacial score (nSPS) is 12.7. The van der Waals surface area contributed by atoms with E-state index in [1.165, 1.54) is 44.9 Å². The van der Waals surface area contributed by atoms with E-state index in [0.29, 0.717) is 19.3 Å². The molecule has 0 bridgehead atoms. The molecular formula is C49H82O6. The fourth-order valence-electron chi connectivity index (χ4n) is 5.82. The number of allylic oxidation sites excluding steroid dienone is 12. The van der Waals surface area contributed by atoms with Gasteiger partial charge in [-0.2, -0.15) is 0 Å². The second-order valence-corrected chi connectivity index (χ2v) is 14.6. The molecule has 0 heterocycles. The lowest BCUT2D eigenvalue weighted by atomic mass is 10.1. The van der Waals surface area contributed by atoms with Crippen LogP contribution in [0.5, 0.6) is 0 Å². The van der Waals surface area contributed by atoms with E-state index in [4.69, 9.17) is 14.2 Å². The highest BCUT2D eigenvalue weighted by atomic mass is 16.6. The molecule has 0 N–H and O–H groups in total. The van der Waals surface area contributed by atoms with E-state index >= 15 is 0 Å². The summed E-state index contributed by atoms with van der Waals surface area (Å²) in [5, 5.41) is 0. The van der Waals surface area contributed by atoms with Crippen molar-refractivity contribution in [3.05, 3.63) is 72.9 Å². The van der Waals surface area contributed by atoms with Crippen LogP contribution in [0.15, 0.2) is 72.9 Å². The van der Waals surface area contributed by atoms with Crippen LogP contribution < -0.4 is 0 Å². The maximum atomic E-state index is 12.6. The lowest BCUT2D eigenvalue weighted by Gasteiger charge is -2.18. The van der Waals surface area contributed by atoms with Crippen molar-refractivity contribution in [3.8, 4) is 0 Å². The smallest absolute Gasteiger partial charge is 0.306 e. The predicted molar refractivity (Wildman–Crippen MR) is 233 cm³/mol. The maximum Gasteiger partial charge on any atom is 0.306 e. The minimum atomic E-state index is -0.788. The Kier molecular flexibility index (Phi) is 41.1. The molecule has 0 aromatic carbocycles. The van der Waals surface area contributed by atoms with E-state index in [1.54, 1.807) is 0 Å². The van der Waals surface area contributed by atoms with Crippen molar-refractivity contribution >= 4 is 17.9 Å². The Morgan fingerprint density at radius 3 is 1.22 bits per heavy atom. The Bertz CT molecular complexity index is 1070. The van der Waals surface area contributed by atoms with Gasteiger partial charge in [0.1, 0.15) is 13.2 Å². The number of rotatable bonds is 39. The summed E-state index contributed by atoms with van der Waals surface area (Å²) >= 11 is 0. The van der Waals surface area contributed by atoms with E-state index in [-0.39, 0.29) is 31.1 Å². The summed E-state index contributed by atoms with van der Waals surface area (Å²) in [6, 6.07) is 0. The van der Waals surface area contributed by atoms with Gasteiger partial charge in [-0.1, -0.05) is 171 Å². The molecule has 0 amide bonds. The van der Waals surface area contributed by atoms with E-state index in [9.17, 15) is 14.4 Å². The molecule has 0 saturated carbocycles. The van der Waals surface area contributed by atoms with E-state index in [0.717, 1.165) is 116 Å². The molecule has 0 aliphatic heterocycles. The standard InChI is InChI=1S/C49H82O6/c1-4-7-10-13-16-19-21-22-23-24-25-26-27-28-29-31-33-36-39-42-48(51)54-45-46(44-53-47(50)41-38-35-32-18-15-12-9-6-3)55-49(52)43-40-37-34-30-20-17-14-11-8-5-2/h7,10-11,14,16,19,22-23,25-26,28-29,46H,4-6,8-9,12-13,15,17-18,20-21,24,27,30-45H2,1-3H3/b10-7-,14-11-,19-16-,23-22-,26-25-,29-28-. The Morgan fingerprint density at radius 1 is 0.382 bits per heavy atom. The zero-order chi connectivity index (χ0) is 40.1. The zero-order valence-electron chi connectivity index (χ0n) is 35.7. The summed E-state index contributed by atoms with van der Waals surface area (Å²) < 4.78 is 16.6. The van der Waals surface area contributed by atoms with Crippen LogP contribution in [0, 0.1) is 0 Å². The second-order valence-electron chi connectivity index (χ2n) is 14.6. The van der Waals surface area contributed by atoms with Crippen molar-refractivity contribution < 1.29 is 28.6 Å². The number of hydrogen-bond donors (Lipinski definition) is 0. The predicted octanol–water partition coefficient (Wildman–Crippen LogP) is 14.3. The van der Waals surface area contributed by atoms with Crippen molar-refractivity contribution in [2.45, 2.75) is 207 Å². The van der Waals surface area contributed by atoms with Gasteiger partial charge in [0.2, 0.25) is 0 Å². The van der Waals surface area contributed by atoms with Crippen LogP contribution >= 0.6 is 0 Å². The van der Waals surface area contributed by atoms with Crippen LogP contribution in [0.1, 0.15) is 201 Å². The van der Waals surface area contributed by atoms with Gasteiger partial charge < -0.3 is 14.2 Å². The van der Waals surface area contributed by atoms with Crippen molar-refractivity contribution in [2.75, 3.05) is 13.2 Å². The van der Waals surface area contributed by atoms with Crippen LogP contribution in [0.2, 0.25) is 0 Å². The van der Waals surface area contributed by atoms with Crippen LogP contribution in [-0.4, -0.2) is 37.2 Å². The summed E-state index contributed by atoms with van der Waals surface area (Å²) in [7, 11) is 0. The maximum absolute atomic E-state index is 12.6. The van der Waals surface area contributed by atoms with E-state index in [1.807, 2.05) is 0 Å². The van der Waals surface area contributed by atoms with Gasteiger partial charge in [-0.15, -0.1) is 0 Å². The number of carbonyl (C=O) groups is 3. The van der Waals surface area contributed by atoms with Crippen LogP contribution in [0.25, 0.3) is 0 Å². The first kappa shape index (κ1) is 51.9. The minimum absolute atomic E-state index is 0.0896. The van der Waals surface area contributed by atoms with Crippen molar-refractivity contribution in [1.29, 1.82) is 0 Å². The molecule has 1 unspecified atom stereocenters. The fourth-order valence-corrected chi connectivity index (χ4v) is 5.82. The monoisotopic (exact) mass is 767 g/mol. The molecule has 6 heteroatoms. The molecule has 314 valence electrons. The molecule has 0 aliphatic rings. The minimum Gasteiger partial charge on any atom is -0.462 e. The molecule has 0 radical (unpaired) electrons. The first-order valence-corrected chi connectivity index (χ1v) is 22.4. The Morgan fingerprint density at radius 2 is 0.745 bits per heavy atom. The zero-order valence-corrected chi connectivity index (χ0v) is 35.7. The number of ether oxygens (including phenoxy) is 3. The summed E-state index contributed by atoms with van der Waals surface area (Å²) in [4.78, 5) is 37.6. The largest absolute Gasteiger partial charge is 0.462 e. The molecule has 0 fully saturated rings. The third-order valence-electron chi connectivity index (χ3n) is 9.18. The highest BCUT2D eigenvalue weighted by Gasteiger charge is 2.19. The van der Waals surface area contributed by atoms with Crippen LogP contribution in [0.4, 0.5) is 0 Å². The highest BCUT2D eigenvalue weighted by molar-refractivity contribution is 5.71. The first-order valence-electron chi connectivity index (χ1n) is 22.4. The van der Waals surface area contributed by atoms with Crippen molar-refractivity contribution in [1.82, 2.24) is 0 Å². The summed E-state index contributed by atoms with van der Waals surface area (Å²) in [5.74, 6) is -0.946. The first-order chi connectivity index (χ1) is 27.0. The van der Waals surface area contributed by atoms with Gasteiger partial charge in [-0.25, -0.2) is 0 Å². The van der Waals surface area contributed by atoms with E-state index < -0.39 is 6.10 Å². The van der Waals surface area contributed by atoms with E-state index in [2.05, 4.69) is 93.7 Å². The fraction of sp³-hybridized carbons (Fsp3) is 0.694. The van der Waals surface area contributed by atoms with Crippen LogP contribution in [0.3, 0.4) is 0 Å². The molecule has 0 aliphatic carbocycles.